The second-order valence-electron chi connectivity index (χ2n) is 6.54. The van der Waals surface area contributed by atoms with Crippen molar-refractivity contribution in [1.82, 2.24) is 14.5 Å². The Morgan fingerprint density at radius 3 is 2.43 bits per heavy atom. The van der Waals surface area contributed by atoms with Crippen LogP contribution in [-0.2, 0) is 6.18 Å². The van der Waals surface area contributed by atoms with Crippen molar-refractivity contribution < 1.29 is 13.2 Å². The van der Waals surface area contributed by atoms with E-state index in [1.165, 1.54) is 18.2 Å². The molecule has 9 heteroatoms. The maximum absolute atomic E-state index is 12.8. The summed E-state index contributed by atoms with van der Waals surface area (Å²) in [5.74, 6) is 1.42. The number of hydrogen-bond acceptors (Lipinski definition) is 4. The Kier molecular flexibility index (Phi) is 4.84. The van der Waals surface area contributed by atoms with Gasteiger partial charge in [-0.2, -0.15) is 18.4 Å². The number of benzene rings is 2. The van der Waals surface area contributed by atoms with Crippen molar-refractivity contribution in [2.75, 3.05) is 5.32 Å². The van der Waals surface area contributed by atoms with Crippen molar-refractivity contribution >= 4 is 34.1 Å². The summed E-state index contributed by atoms with van der Waals surface area (Å²) in [5, 5.41) is 12.9. The SMILES string of the molecule is Cc1nc2cc(Cl)ccc2n1-c1cc(C#N)cc(Nc2ccc(C(F)(F)F)cc2)n1. The number of imidazole rings is 1. The summed E-state index contributed by atoms with van der Waals surface area (Å²) in [7, 11) is 0. The summed E-state index contributed by atoms with van der Waals surface area (Å²) < 4.78 is 40.1. The van der Waals surface area contributed by atoms with Crippen LogP contribution in [0.15, 0.2) is 54.6 Å². The Morgan fingerprint density at radius 1 is 1.03 bits per heavy atom. The monoisotopic (exact) mass is 427 g/mol. The summed E-state index contributed by atoms with van der Waals surface area (Å²) in [6.07, 6.45) is -4.41. The van der Waals surface area contributed by atoms with Crippen LogP contribution < -0.4 is 5.32 Å². The van der Waals surface area contributed by atoms with E-state index in [1.54, 1.807) is 35.8 Å². The molecule has 2 aromatic heterocycles. The van der Waals surface area contributed by atoms with Gasteiger partial charge in [0, 0.05) is 10.7 Å². The number of fused-ring (bicyclic) bond motifs is 1. The molecule has 0 saturated heterocycles. The first-order valence-electron chi connectivity index (χ1n) is 8.76. The highest BCUT2D eigenvalue weighted by Crippen LogP contribution is 2.31. The fraction of sp³-hybridized carbons (Fsp3) is 0.0952. The van der Waals surface area contributed by atoms with Gasteiger partial charge < -0.3 is 5.32 Å². The molecule has 0 aliphatic rings. The van der Waals surface area contributed by atoms with Crippen LogP contribution in [0, 0.1) is 18.3 Å². The molecular formula is C21H13ClF3N5. The number of aryl methyl sites for hydroxylation is 1. The van der Waals surface area contributed by atoms with E-state index in [9.17, 15) is 18.4 Å². The minimum atomic E-state index is -4.41. The highest BCUT2D eigenvalue weighted by molar-refractivity contribution is 6.31. The van der Waals surface area contributed by atoms with Crippen LogP contribution in [0.5, 0.6) is 0 Å². The lowest BCUT2D eigenvalue weighted by atomic mass is 10.2. The Labute approximate surface area is 174 Å². The zero-order chi connectivity index (χ0) is 21.5. The van der Waals surface area contributed by atoms with Crippen molar-refractivity contribution in [2.24, 2.45) is 0 Å². The number of aromatic nitrogens is 3. The number of rotatable bonds is 3. The van der Waals surface area contributed by atoms with Gasteiger partial charge in [0.2, 0.25) is 0 Å². The van der Waals surface area contributed by atoms with Gasteiger partial charge in [0.05, 0.1) is 28.2 Å². The summed E-state index contributed by atoms with van der Waals surface area (Å²) >= 11 is 6.04. The third-order valence-corrected chi connectivity index (χ3v) is 4.67. The van der Waals surface area contributed by atoms with Crippen molar-refractivity contribution in [1.29, 1.82) is 5.26 Å². The fourth-order valence-corrected chi connectivity index (χ4v) is 3.28. The minimum Gasteiger partial charge on any atom is -0.340 e. The van der Waals surface area contributed by atoms with Gasteiger partial charge in [-0.15, -0.1) is 0 Å². The maximum atomic E-state index is 12.8. The number of halogens is 4. The lowest BCUT2D eigenvalue weighted by molar-refractivity contribution is -0.137. The molecule has 1 N–H and O–H groups in total. The number of pyridine rings is 1. The van der Waals surface area contributed by atoms with E-state index in [-0.39, 0.29) is 0 Å². The quantitative estimate of drug-likeness (QED) is 0.434. The Morgan fingerprint density at radius 2 is 1.77 bits per heavy atom. The Bertz CT molecular complexity index is 1290. The number of nitriles is 1. The number of nitrogens with one attached hydrogen (secondary N) is 1. The molecule has 4 aromatic rings. The third-order valence-electron chi connectivity index (χ3n) is 4.44. The minimum absolute atomic E-state index is 0.319. The molecule has 0 aliphatic carbocycles. The van der Waals surface area contributed by atoms with E-state index in [2.05, 4.69) is 21.4 Å². The molecule has 5 nitrogen and oxygen atoms in total. The van der Waals surface area contributed by atoms with Gasteiger partial charge in [-0.1, -0.05) is 11.6 Å². The van der Waals surface area contributed by atoms with Gasteiger partial charge in [0.15, 0.2) is 0 Å². The number of nitrogens with zero attached hydrogens (tertiary/aromatic N) is 4. The molecule has 0 amide bonds. The summed E-state index contributed by atoms with van der Waals surface area (Å²) in [6, 6.07) is 15.1. The topological polar surface area (TPSA) is 66.5 Å². The van der Waals surface area contributed by atoms with Crippen LogP contribution in [0.3, 0.4) is 0 Å². The standard InChI is InChI=1S/C21H13ClF3N5/c1-12-27-17-10-15(22)4-7-18(17)30(12)20-9-13(11-26)8-19(29-20)28-16-5-2-14(3-6-16)21(23,24)25/h2-10H,1H3,(H,28,29). The second-order valence-corrected chi connectivity index (χ2v) is 6.98. The highest BCUT2D eigenvalue weighted by atomic mass is 35.5. The predicted molar refractivity (Wildman–Crippen MR) is 108 cm³/mol. The first kappa shape index (κ1) is 19.7. The smallest absolute Gasteiger partial charge is 0.340 e. The van der Waals surface area contributed by atoms with Crippen LogP contribution >= 0.6 is 11.6 Å². The Balaban J connectivity index is 1.75. The van der Waals surface area contributed by atoms with Gasteiger partial charge in [-0.3, -0.25) is 4.57 Å². The molecule has 30 heavy (non-hydrogen) atoms. The van der Waals surface area contributed by atoms with Crippen molar-refractivity contribution in [3.05, 3.63) is 76.6 Å². The largest absolute Gasteiger partial charge is 0.416 e. The van der Waals surface area contributed by atoms with Gasteiger partial charge in [-0.25, -0.2) is 9.97 Å². The predicted octanol–water partition coefficient (Wildman–Crippen LogP) is 6.02. The first-order chi connectivity index (χ1) is 14.2. The summed E-state index contributed by atoms with van der Waals surface area (Å²) in [4.78, 5) is 9.01. The molecule has 2 aromatic carbocycles. The van der Waals surface area contributed by atoms with Crippen molar-refractivity contribution in [3.63, 3.8) is 0 Å². The molecule has 0 spiro atoms. The second kappa shape index (κ2) is 7.35. The van der Waals surface area contributed by atoms with E-state index < -0.39 is 11.7 Å². The lowest BCUT2D eigenvalue weighted by Gasteiger charge is -2.12. The van der Waals surface area contributed by atoms with Crippen molar-refractivity contribution in [3.8, 4) is 11.9 Å². The first-order valence-corrected chi connectivity index (χ1v) is 9.14. The molecule has 0 fully saturated rings. The van der Waals surface area contributed by atoms with E-state index in [1.807, 2.05) is 0 Å². The zero-order valence-corrected chi connectivity index (χ0v) is 16.3. The molecule has 0 aliphatic heterocycles. The van der Waals surface area contributed by atoms with Crippen LogP contribution in [0.4, 0.5) is 24.7 Å². The van der Waals surface area contributed by atoms with Gasteiger partial charge in [0.25, 0.3) is 0 Å². The van der Waals surface area contributed by atoms with Crippen LogP contribution in [-0.4, -0.2) is 14.5 Å². The zero-order valence-electron chi connectivity index (χ0n) is 15.5. The summed E-state index contributed by atoms with van der Waals surface area (Å²) in [6.45, 7) is 1.80. The molecular weight excluding hydrogens is 415 g/mol. The van der Waals surface area contributed by atoms with Crippen LogP contribution in [0.2, 0.25) is 5.02 Å². The molecule has 2 heterocycles. The fourth-order valence-electron chi connectivity index (χ4n) is 3.11. The number of alkyl halides is 3. The normalized spacial score (nSPS) is 11.5. The number of anilines is 2. The molecule has 4 rings (SSSR count). The Hall–Kier alpha value is -3.57. The highest BCUT2D eigenvalue weighted by Gasteiger charge is 2.29. The van der Waals surface area contributed by atoms with Gasteiger partial charge in [0.1, 0.15) is 17.5 Å². The van der Waals surface area contributed by atoms with Crippen LogP contribution in [0.25, 0.3) is 16.9 Å². The maximum Gasteiger partial charge on any atom is 0.416 e. The molecule has 0 saturated carbocycles. The van der Waals surface area contributed by atoms with E-state index in [0.717, 1.165) is 17.6 Å². The van der Waals surface area contributed by atoms with E-state index in [4.69, 9.17) is 11.6 Å². The average molecular weight is 428 g/mol. The average Bonchev–Trinajstić information content (AvgIpc) is 3.02. The summed E-state index contributed by atoms with van der Waals surface area (Å²) in [5.41, 5.74) is 1.45. The molecule has 0 radical (unpaired) electrons. The lowest BCUT2D eigenvalue weighted by Crippen LogP contribution is -2.05. The number of hydrogen-bond donors (Lipinski definition) is 1. The molecule has 0 atom stereocenters. The third kappa shape index (κ3) is 3.80. The van der Waals surface area contributed by atoms with Crippen molar-refractivity contribution in [2.45, 2.75) is 13.1 Å². The molecule has 0 unspecified atom stereocenters. The van der Waals surface area contributed by atoms with E-state index >= 15 is 0 Å². The van der Waals surface area contributed by atoms with Crippen LogP contribution in [0.1, 0.15) is 17.0 Å². The molecule has 150 valence electrons. The van der Waals surface area contributed by atoms with Gasteiger partial charge in [-0.05, 0) is 61.5 Å². The molecule has 0 bridgehead atoms. The van der Waals surface area contributed by atoms with Gasteiger partial charge >= 0.3 is 6.18 Å². The van der Waals surface area contributed by atoms with E-state index in [0.29, 0.717) is 39.3 Å².